The Labute approximate surface area is 107 Å². The van der Waals surface area contributed by atoms with Gasteiger partial charge in [0.05, 0.1) is 4.92 Å². The molecule has 0 spiro atoms. The summed E-state index contributed by atoms with van der Waals surface area (Å²) in [5.41, 5.74) is 1.17. The van der Waals surface area contributed by atoms with Crippen molar-refractivity contribution in [3.05, 3.63) is 39.9 Å². The first-order valence-corrected chi connectivity index (χ1v) is 6.04. The topological polar surface area (TPSA) is 64.4 Å². The average molecular weight is 252 g/mol. The lowest BCUT2D eigenvalue weighted by Gasteiger charge is -2.20. The molecule has 0 radical (unpaired) electrons. The molecule has 5 nitrogen and oxygen atoms in total. The monoisotopic (exact) mass is 252 g/mol. The second-order valence-corrected chi connectivity index (χ2v) is 4.42. The predicted molar refractivity (Wildman–Crippen MR) is 70.6 cm³/mol. The quantitative estimate of drug-likeness (QED) is 0.598. The van der Waals surface area contributed by atoms with Crippen molar-refractivity contribution in [1.82, 2.24) is 5.32 Å². The summed E-state index contributed by atoms with van der Waals surface area (Å²) in [7, 11) is 1.69. The number of nitro benzene ring substituents is 1. The summed E-state index contributed by atoms with van der Waals surface area (Å²) in [6, 6.07) is 7.16. The van der Waals surface area contributed by atoms with Crippen LogP contribution in [0.2, 0.25) is 0 Å². The van der Waals surface area contributed by atoms with Gasteiger partial charge < -0.3 is 10.1 Å². The minimum atomic E-state index is -0.386. The van der Waals surface area contributed by atoms with Gasteiger partial charge in [-0.05, 0) is 25.8 Å². The maximum atomic E-state index is 10.6. The van der Waals surface area contributed by atoms with Crippen molar-refractivity contribution in [2.75, 3.05) is 13.7 Å². The molecule has 5 heteroatoms. The van der Waals surface area contributed by atoms with E-state index in [0.717, 1.165) is 18.6 Å². The molecule has 0 fully saturated rings. The Morgan fingerprint density at radius 3 is 2.44 bits per heavy atom. The summed E-state index contributed by atoms with van der Waals surface area (Å²) in [5.74, 6) is 0. The smallest absolute Gasteiger partial charge is 0.269 e. The molecule has 0 aliphatic heterocycles. The predicted octanol–water partition coefficient (Wildman–Crippen LogP) is 2.67. The van der Waals surface area contributed by atoms with Gasteiger partial charge in [0.15, 0.2) is 0 Å². The maximum absolute atomic E-state index is 10.6. The van der Waals surface area contributed by atoms with Crippen LogP contribution in [0.4, 0.5) is 5.69 Å². The number of hydrogen-bond acceptors (Lipinski definition) is 4. The molecule has 1 aromatic carbocycles. The van der Waals surface area contributed by atoms with Crippen LogP contribution < -0.4 is 5.32 Å². The third-order valence-corrected chi connectivity index (χ3v) is 2.89. The number of non-ortho nitro benzene ring substituents is 1. The van der Waals surface area contributed by atoms with E-state index in [0.29, 0.717) is 6.04 Å². The Morgan fingerprint density at radius 2 is 1.94 bits per heavy atom. The molecule has 0 aliphatic rings. The van der Waals surface area contributed by atoms with Gasteiger partial charge in [-0.15, -0.1) is 0 Å². The van der Waals surface area contributed by atoms with E-state index in [9.17, 15) is 10.1 Å². The molecule has 0 amide bonds. The summed E-state index contributed by atoms with van der Waals surface area (Å²) in [6.45, 7) is 4.87. The van der Waals surface area contributed by atoms with Crippen LogP contribution in [-0.4, -0.2) is 24.7 Å². The molecular weight excluding hydrogens is 232 g/mol. The lowest BCUT2D eigenvalue weighted by Crippen LogP contribution is -2.29. The molecule has 1 rings (SSSR count). The molecule has 0 aliphatic carbocycles. The van der Waals surface area contributed by atoms with E-state index in [4.69, 9.17) is 4.74 Å². The van der Waals surface area contributed by atoms with Crippen LogP contribution in [0.15, 0.2) is 24.3 Å². The molecule has 0 heterocycles. The molecule has 0 saturated carbocycles. The van der Waals surface area contributed by atoms with Crippen LogP contribution in [0.1, 0.15) is 31.9 Å². The van der Waals surface area contributed by atoms with Crippen molar-refractivity contribution in [2.24, 2.45) is 0 Å². The lowest BCUT2D eigenvalue weighted by atomic mass is 10.1. The van der Waals surface area contributed by atoms with Gasteiger partial charge in [0.2, 0.25) is 0 Å². The first kappa shape index (κ1) is 14.6. The van der Waals surface area contributed by atoms with Crippen molar-refractivity contribution >= 4 is 5.69 Å². The number of rotatable bonds is 7. The van der Waals surface area contributed by atoms with E-state index in [2.05, 4.69) is 12.2 Å². The molecule has 100 valence electrons. The van der Waals surface area contributed by atoms with E-state index in [-0.39, 0.29) is 16.7 Å². The maximum Gasteiger partial charge on any atom is 0.269 e. The number of nitrogens with zero attached hydrogens (tertiary/aromatic N) is 1. The van der Waals surface area contributed by atoms with Crippen molar-refractivity contribution in [3.8, 4) is 0 Å². The van der Waals surface area contributed by atoms with E-state index >= 15 is 0 Å². The molecule has 2 unspecified atom stereocenters. The number of nitro groups is 1. The zero-order valence-corrected chi connectivity index (χ0v) is 11.1. The summed E-state index contributed by atoms with van der Waals surface area (Å²) in [5, 5.41) is 14.0. The fourth-order valence-electron chi connectivity index (χ4n) is 1.79. The van der Waals surface area contributed by atoms with Crippen molar-refractivity contribution in [3.63, 3.8) is 0 Å². The second kappa shape index (κ2) is 7.08. The van der Waals surface area contributed by atoms with Gasteiger partial charge in [-0.2, -0.15) is 0 Å². The van der Waals surface area contributed by atoms with Crippen molar-refractivity contribution in [1.29, 1.82) is 0 Å². The lowest BCUT2D eigenvalue weighted by molar-refractivity contribution is -0.384. The van der Waals surface area contributed by atoms with E-state index in [1.54, 1.807) is 19.2 Å². The molecule has 0 aromatic heterocycles. The van der Waals surface area contributed by atoms with Gasteiger partial charge in [-0.25, -0.2) is 0 Å². The molecule has 2 atom stereocenters. The minimum Gasteiger partial charge on any atom is -0.385 e. The zero-order chi connectivity index (χ0) is 13.5. The van der Waals surface area contributed by atoms with Gasteiger partial charge >= 0.3 is 0 Å². The van der Waals surface area contributed by atoms with E-state index < -0.39 is 0 Å². The van der Waals surface area contributed by atoms with Crippen molar-refractivity contribution in [2.45, 2.75) is 32.4 Å². The van der Waals surface area contributed by atoms with Gasteiger partial charge in [-0.1, -0.05) is 12.1 Å². The molecule has 1 aromatic rings. The van der Waals surface area contributed by atoms with Crippen LogP contribution in [-0.2, 0) is 4.74 Å². The van der Waals surface area contributed by atoms with Crippen molar-refractivity contribution < 1.29 is 9.66 Å². The summed E-state index contributed by atoms with van der Waals surface area (Å²) in [4.78, 5) is 10.2. The first-order chi connectivity index (χ1) is 8.54. The number of ether oxygens (including phenoxy) is 1. The second-order valence-electron chi connectivity index (χ2n) is 4.42. The fourth-order valence-corrected chi connectivity index (χ4v) is 1.79. The van der Waals surface area contributed by atoms with Crippen LogP contribution in [0.25, 0.3) is 0 Å². The molecule has 0 saturated heterocycles. The third kappa shape index (κ3) is 4.43. The molecular formula is C13H20N2O3. The van der Waals surface area contributed by atoms with Crippen LogP contribution in [0.3, 0.4) is 0 Å². The fraction of sp³-hybridized carbons (Fsp3) is 0.538. The Kier molecular flexibility index (Phi) is 5.74. The highest BCUT2D eigenvalue weighted by atomic mass is 16.6. The third-order valence-electron chi connectivity index (χ3n) is 2.89. The highest BCUT2D eigenvalue weighted by Gasteiger charge is 2.11. The van der Waals surface area contributed by atoms with Gasteiger partial charge in [0, 0.05) is 37.9 Å². The Balaban J connectivity index is 2.55. The minimum absolute atomic E-state index is 0.124. The number of hydrogen-bond donors (Lipinski definition) is 1. The van der Waals surface area contributed by atoms with E-state index in [1.165, 1.54) is 12.1 Å². The average Bonchev–Trinajstić information content (AvgIpc) is 2.36. The van der Waals surface area contributed by atoms with Gasteiger partial charge in [0.25, 0.3) is 5.69 Å². The summed E-state index contributed by atoms with van der Waals surface area (Å²) in [6.07, 6.45) is 0.938. The van der Waals surface area contributed by atoms with Crippen LogP contribution in [0, 0.1) is 10.1 Å². The Bertz CT molecular complexity index is 378. The molecule has 18 heavy (non-hydrogen) atoms. The normalized spacial score (nSPS) is 14.2. The summed E-state index contributed by atoms with van der Waals surface area (Å²) < 4.78 is 5.03. The number of nitrogens with one attached hydrogen (secondary N) is 1. The van der Waals surface area contributed by atoms with E-state index in [1.807, 2.05) is 6.92 Å². The Hall–Kier alpha value is -1.46. The first-order valence-electron chi connectivity index (χ1n) is 6.04. The molecule has 0 bridgehead atoms. The summed E-state index contributed by atoms with van der Waals surface area (Å²) >= 11 is 0. The highest BCUT2D eigenvalue weighted by molar-refractivity contribution is 5.34. The largest absolute Gasteiger partial charge is 0.385 e. The van der Waals surface area contributed by atoms with Gasteiger partial charge in [-0.3, -0.25) is 10.1 Å². The zero-order valence-electron chi connectivity index (χ0n) is 11.1. The standard InChI is InChI=1S/C13H20N2O3/c1-10(8-9-18-3)14-11(2)12-4-6-13(7-5-12)15(16)17/h4-7,10-11,14H,8-9H2,1-3H3. The van der Waals surface area contributed by atoms with Crippen LogP contribution in [0.5, 0.6) is 0 Å². The highest BCUT2D eigenvalue weighted by Crippen LogP contribution is 2.18. The molecule has 1 N–H and O–H groups in total. The Morgan fingerprint density at radius 1 is 1.33 bits per heavy atom. The number of methoxy groups -OCH3 is 1. The van der Waals surface area contributed by atoms with Gasteiger partial charge in [0.1, 0.15) is 0 Å². The number of benzene rings is 1. The SMILES string of the molecule is COCCC(C)NC(C)c1ccc([N+](=O)[O-])cc1. The van der Waals surface area contributed by atoms with Crippen LogP contribution >= 0.6 is 0 Å².